The second-order valence-corrected chi connectivity index (χ2v) is 4.13. The van der Waals surface area contributed by atoms with E-state index in [2.05, 4.69) is 36.8 Å². The lowest BCUT2D eigenvalue weighted by molar-refractivity contribution is -0.138. The topological polar surface area (TPSA) is 12.9 Å². The highest BCUT2D eigenvalue weighted by Crippen LogP contribution is 2.40. The first-order valence-corrected chi connectivity index (χ1v) is 5.79. The van der Waals surface area contributed by atoms with Gasteiger partial charge in [-0.15, -0.1) is 0 Å². The Morgan fingerprint density at radius 3 is 2.25 bits per heavy atom. The van der Waals surface area contributed by atoms with Crippen LogP contribution in [0.5, 0.6) is 0 Å². The van der Waals surface area contributed by atoms with Crippen molar-refractivity contribution >= 4 is 31.9 Å². The number of alkyl halides is 6. The number of rotatable bonds is 2. The van der Waals surface area contributed by atoms with Crippen LogP contribution in [0.15, 0.2) is 10.7 Å². The van der Waals surface area contributed by atoms with Gasteiger partial charge in [-0.1, -0.05) is 15.9 Å². The summed E-state index contributed by atoms with van der Waals surface area (Å²) < 4.78 is 61.7. The van der Waals surface area contributed by atoms with Crippen LogP contribution in [0.25, 0.3) is 0 Å². The first-order chi connectivity index (χ1) is 7.29. The van der Waals surface area contributed by atoms with Gasteiger partial charge in [0.15, 0.2) is 0 Å². The van der Waals surface area contributed by atoms with E-state index in [-0.39, 0.29) is 11.0 Å². The molecule has 1 aromatic heterocycles. The van der Waals surface area contributed by atoms with Gasteiger partial charge in [0.05, 0.1) is 16.8 Å². The zero-order chi connectivity index (χ0) is 12.5. The zero-order valence-corrected chi connectivity index (χ0v) is 10.6. The van der Waals surface area contributed by atoms with Crippen molar-refractivity contribution in [3.05, 3.63) is 27.5 Å². The lowest BCUT2D eigenvalue weighted by Gasteiger charge is -2.14. The van der Waals surface area contributed by atoms with E-state index in [4.69, 9.17) is 0 Å². The van der Waals surface area contributed by atoms with Crippen molar-refractivity contribution < 1.29 is 22.0 Å². The molecule has 0 saturated heterocycles. The Kier molecular flexibility index (Phi) is 4.28. The fraction of sp³-hybridized carbons (Fsp3) is 0.375. The van der Waals surface area contributed by atoms with E-state index >= 15 is 0 Å². The van der Waals surface area contributed by atoms with Gasteiger partial charge >= 0.3 is 6.18 Å². The maximum atomic E-state index is 12.6. The van der Waals surface area contributed by atoms with Gasteiger partial charge in [0.1, 0.15) is 0 Å². The lowest BCUT2D eigenvalue weighted by atomic mass is 10.1. The van der Waals surface area contributed by atoms with Crippen LogP contribution < -0.4 is 0 Å². The minimum Gasteiger partial charge on any atom is -0.259 e. The van der Waals surface area contributed by atoms with Gasteiger partial charge in [-0.05, 0) is 15.9 Å². The molecule has 90 valence electrons. The molecule has 1 heterocycles. The highest BCUT2D eigenvalue weighted by molar-refractivity contribution is 9.10. The van der Waals surface area contributed by atoms with Gasteiger partial charge in [0, 0.05) is 16.0 Å². The maximum Gasteiger partial charge on any atom is 0.418 e. The highest BCUT2D eigenvalue weighted by atomic mass is 79.9. The Labute approximate surface area is 104 Å². The monoisotopic (exact) mass is 367 g/mol. The van der Waals surface area contributed by atoms with E-state index in [0.29, 0.717) is 6.20 Å². The molecule has 0 aliphatic carbocycles. The Balaban J connectivity index is 3.44. The highest BCUT2D eigenvalue weighted by Gasteiger charge is 2.36. The van der Waals surface area contributed by atoms with Crippen LogP contribution in [-0.4, -0.2) is 4.98 Å². The maximum absolute atomic E-state index is 12.6. The van der Waals surface area contributed by atoms with Crippen LogP contribution in [0.2, 0.25) is 0 Å². The van der Waals surface area contributed by atoms with Crippen molar-refractivity contribution in [2.75, 3.05) is 0 Å². The number of hydrogen-bond acceptors (Lipinski definition) is 1. The molecule has 1 rings (SSSR count). The SMILES string of the molecule is FC(F)c1c(CBr)ncc(C(F)(F)F)c1Br. The quantitative estimate of drug-likeness (QED) is 0.545. The van der Waals surface area contributed by atoms with Gasteiger partial charge in [0.25, 0.3) is 6.43 Å². The predicted molar refractivity (Wildman–Crippen MR) is 54.5 cm³/mol. The number of pyridine rings is 1. The first kappa shape index (κ1) is 13.8. The number of halogens is 7. The number of aromatic nitrogens is 1. The molecular weight excluding hydrogens is 365 g/mol. The van der Waals surface area contributed by atoms with E-state index in [9.17, 15) is 22.0 Å². The fourth-order valence-electron chi connectivity index (χ4n) is 1.07. The fourth-order valence-corrected chi connectivity index (χ4v) is 2.24. The van der Waals surface area contributed by atoms with Crippen molar-refractivity contribution in [3.8, 4) is 0 Å². The first-order valence-electron chi connectivity index (χ1n) is 3.87. The molecule has 0 aliphatic rings. The molecule has 1 aromatic rings. The summed E-state index contributed by atoms with van der Waals surface area (Å²) in [5, 5.41) is -0.0383. The molecule has 0 fully saturated rings. The smallest absolute Gasteiger partial charge is 0.259 e. The number of nitrogens with zero attached hydrogens (tertiary/aromatic N) is 1. The summed E-state index contributed by atoms with van der Waals surface area (Å²) in [7, 11) is 0. The van der Waals surface area contributed by atoms with Crippen molar-refractivity contribution in [1.29, 1.82) is 0 Å². The van der Waals surface area contributed by atoms with Gasteiger partial charge in [-0.3, -0.25) is 4.98 Å². The third-order valence-corrected chi connectivity index (χ3v) is 3.17. The summed E-state index contributed by atoms with van der Waals surface area (Å²) in [6.45, 7) is 0. The summed E-state index contributed by atoms with van der Waals surface area (Å²) in [6, 6.07) is 0. The summed E-state index contributed by atoms with van der Waals surface area (Å²) >= 11 is 5.44. The third-order valence-electron chi connectivity index (χ3n) is 1.78. The van der Waals surface area contributed by atoms with Crippen LogP contribution in [0.4, 0.5) is 22.0 Å². The second-order valence-electron chi connectivity index (χ2n) is 2.78. The van der Waals surface area contributed by atoms with Crippen molar-refractivity contribution in [1.82, 2.24) is 4.98 Å². The summed E-state index contributed by atoms with van der Waals surface area (Å²) in [6.07, 6.45) is -7.19. The molecule has 0 spiro atoms. The standard InChI is InChI=1S/C8H4Br2F5N/c9-1-4-5(7(11)12)6(10)3(2-16-4)8(13,14)15/h2,7H,1H2. The van der Waals surface area contributed by atoms with Gasteiger partial charge in [-0.2, -0.15) is 13.2 Å². The Morgan fingerprint density at radius 1 is 1.31 bits per heavy atom. The minimum atomic E-state index is -4.71. The lowest BCUT2D eigenvalue weighted by Crippen LogP contribution is -2.10. The molecule has 1 nitrogen and oxygen atoms in total. The molecule has 0 aliphatic heterocycles. The van der Waals surface area contributed by atoms with E-state index in [1.807, 2.05) is 0 Å². The Hall–Kier alpha value is -0.240. The van der Waals surface area contributed by atoms with Crippen LogP contribution in [0.1, 0.15) is 23.2 Å². The third kappa shape index (κ3) is 2.71. The van der Waals surface area contributed by atoms with E-state index in [1.165, 1.54) is 0 Å². The Bertz CT molecular complexity index is 391. The molecule has 0 unspecified atom stereocenters. The molecule has 0 bridgehead atoms. The molecule has 16 heavy (non-hydrogen) atoms. The van der Waals surface area contributed by atoms with Crippen LogP contribution >= 0.6 is 31.9 Å². The molecule has 0 saturated carbocycles. The number of hydrogen-bond donors (Lipinski definition) is 0. The summed E-state index contributed by atoms with van der Waals surface area (Å²) in [4.78, 5) is 3.37. The second kappa shape index (κ2) is 4.95. The molecule has 8 heteroatoms. The largest absolute Gasteiger partial charge is 0.418 e. The van der Waals surface area contributed by atoms with Crippen LogP contribution in [0.3, 0.4) is 0 Å². The van der Waals surface area contributed by atoms with Gasteiger partial charge in [-0.25, -0.2) is 8.78 Å². The predicted octanol–water partition coefficient (Wildman–Crippen LogP) is 4.70. The molecule has 0 amide bonds. The van der Waals surface area contributed by atoms with Gasteiger partial charge in [0.2, 0.25) is 0 Å². The normalized spacial score (nSPS) is 12.2. The molecule has 0 atom stereocenters. The van der Waals surface area contributed by atoms with Crippen molar-refractivity contribution in [2.24, 2.45) is 0 Å². The summed E-state index contributed by atoms with van der Waals surface area (Å²) in [5.74, 6) is 0. The minimum absolute atomic E-state index is 0.0383. The van der Waals surface area contributed by atoms with E-state index < -0.39 is 28.2 Å². The van der Waals surface area contributed by atoms with E-state index in [1.54, 1.807) is 0 Å². The van der Waals surface area contributed by atoms with Crippen molar-refractivity contribution in [2.45, 2.75) is 17.9 Å². The van der Waals surface area contributed by atoms with Gasteiger partial charge < -0.3 is 0 Å². The summed E-state index contributed by atoms with van der Waals surface area (Å²) in [5.41, 5.74) is -2.05. The van der Waals surface area contributed by atoms with Crippen LogP contribution in [0, 0.1) is 0 Å². The Morgan fingerprint density at radius 2 is 1.88 bits per heavy atom. The molecule has 0 aromatic carbocycles. The van der Waals surface area contributed by atoms with Crippen molar-refractivity contribution in [3.63, 3.8) is 0 Å². The molecule has 0 radical (unpaired) electrons. The average Bonchev–Trinajstić information content (AvgIpc) is 2.14. The van der Waals surface area contributed by atoms with Crippen LogP contribution in [-0.2, 0) is 11.5 Å². The van der Waals surface area contributed by atoms with E-state index in [0.717, 1.165) is 0 Å². The molecular formula is C8H4Br2F5N. The molecule has 0 N–H and O–H groups in total. The zero-order valence-electron chi connectivity index (χ0n) is 7.45. The average molecular weight is 369 g/mol.